The van der Waals surface area contributed by atoms with Crippen molar-refractivity contribution in [2.24, 2.45) is 0 Å². The molecule has 1 aliphatic heterocycles. The van der Waals surface area contributed by atoms with Crippen LogP contribution in [-0.4, -0.2) is 71.9 Å². The van der Waals surface area contributed by atoms with Crippen LogP contribution in [-0.2, 0) is 4.79 Å². The van der Waals surface area contributed by atoms with E-state index in [2.05, 4.69) is 20.7 Å². The molecule has 29 heavy (non-hydrogen) atoms. The smallest absolute Gasteiger partial charge is 0.276 e. The largest absolute Gasteiger partial charge is 0.361 e. The highest BCUT2D eigenvalue weighted by Gasteiger charge is 2.24. The van der Waals surface area contributed by atoms with E-state index in [1.54, 1.807) is 42.2 Å². The quantitative estimate of drug-likeness (QED) is 0.754. The summed E-state index contributed by atoms with van der Waals surface area (Å²) in [6, 6.07) is 8.39. The summed E-state index contributed by atoms with van der Waals surface area (Å²) in [6.07, 6.45) is 0. The number of aryl methyl sites for hydroxylation is 1. The highest BCUT2D eigenvalue weighted by molar-refractivity contribution is 5.95. The van der Waals surface area contributed by atoms with Gasteiger partial charge in [-0.15, -0.1) is 0 Å². The van der Waals surface area contributed by atoms with Gasteiger partial charge in [-0.3, -0.25) is 19.3 Å². The van der Waals surface area contributed by atoms with Gasteiger partial charge in [-0.1, -0.05) is 5.16 Å². The molecule has 0 bridgehead atoms. The van der Waals surface area contributed by atoms with E-state index in [4.69, 9.17) is 4.52 Å². The van der Waals surface area contributed by atoms with Crippen LogP contribution in [0.3, 0.4) is 0 Å². The van der Waals surface area contributed by atoms with E-state index in [9.17, 15) is 14.4 Å². The molecule has 0 unspecified atom stereocenters. The second-order valence-corrected chi connectivity index (χ2v) is 6.97. The fraction of sp³-hybridized carbons (Fsp3) is 0.400. The molecule has 1 fully saturated rings. The Hall–Kier alpha value is -3.20. The van der Waals surface area contributed by atoms with E-state index in [1.165, 1.54) is 6.92 Å². The first-order valence-corrected chi connectivity index (χ1v) is 9.53. The number of hydrogen-bond acceptors (Lipinski definition) is 6. The summed E-state index contributed by atoms with van der Waals surface area (Å²) >= 11 is 0. The number of carbonyl (C=O) groups is 3. The van der Waals surface area contributed by atoms with Crippen molar-refractivity contribution in [1.82, 2.24) is 20.3 Å². The zero-order valence-corrected chi connectivity index (χ0v) is 16.6. The first kappa shape index (κ1) is 20.5. The van der Waals surface area contributed by atoms with Gasteiger partial charge in [0.25, 0.3) is 11.8 Å². The fourth-order valence-electron chi connectivity index (χ4n) is 3.14. The van der Waals surface area contributed by atoms with Gasteiger partial charge in [0, 0.05) is 63.5 Å². The Morgan fingerprint density at radius 3 is 2.38 bits per heavy atom. The summed E-state index contributed by atoms with van der Waals surface area (Å²) in [5, 5.41) is 9.34. The van der Waals surface area contributed by atoms with Crippen LogP contribution in [0.4, 0.5) is 5.69 Å². The molecule has 0 spiro atoms. The molecule has 1 saturated heterocycles. The molecule has 2 N–H and O–H groups in total. The van der Waals surface area contributed by atoms with Gasteiger partial charge in [0.15, 0.2) is 5.69 Å². The van der Waals surface area contributed by atoms with Gasteiger partial charge in [0.2, 0.25) is 5.91 Å². The van der Waals surface area contributed by atoms with Crippen molar-refractivity contribution in [2.75, 3.05) is 44.6 Å². The van der Waals surface area contributed by atoms with Crippen molar-refractivity contribution >= 4 is 23.4 Å². The van der Waals surface area contributed by atoms with Crippen molar-refractivity contribution in [1.29, 1.82) is 0 Å². The average Bonchev–Trinajstić information content (AvgIpc) is 3.14. The van der Waals surface area contributed by atoms with Crippen LogP contribution in [0.5, 0.6) is 0 Å². The third-order valence-electron chi connectivity index (χ3n) is 4.69. The van der Waals surface area contributed by atoms with Crippen molar-refractivity contribution in [3.8, 4) is 0 Å². The number of hydrogen-bond donors (Lipinski definition) is 2. The Bertz CT molecular complexity index is 869. The zero-order chi connectivity index (χ0) is 20.8. The summed E-state index contributed by atoms with van der Waals surface area (Å²) in [4.78, 5) is 39.6. The van der Waals surface area contributed by atoms with Gasteiger partial charge in [0.1, 0.15) is 5.76 Å². The van der Waals surface area contributed by atoms with Gasteiger partial charge in [-0.25, -0.2) is 0 Å². The van der Waals surface area contributed by atoms with Gasteiger partial charge in [0.05, 0.1) is 0 Å². The maximum absolute atomic E-state index is 12.4. The highest BCUT2D eigenvalue weighted by atomic mass is 16.5. The molecular formula is C20H25N5O4. The van der Waals surface area contributed by atoms with E-state index >= 15 is 0 Å². The van der Waals surface area contributed by atoms with Crippen LogP contribution < -0.4 is 10.6 Å². The maximum Gasteiger partial charge on any atom is 0.276 e. The lowest BCUT2D eigenvalue weighted by Crippen LogP contribution is -2.50. The SMILES string of the molecule is CC(=O)Nc1ccc(C(=O)NCCN2CCN(C(=O)c3cc(C)on3)CC2)cc1. The van der Waals surface area contributed by atoms with Crippen LogP contribution in [0.15, 0.2) is 34.9 Å². The summed E-state index contributed by atoms with van der Waals surface area (Å²) in [5.41, 5.74) is 1.53. The number of anilines is 1. The topological polar surface area (TPSA) is 108 Å². The number of aromatic nitrogens is 1. The second-order valence-electron chi connectivity index (χ2n) is 6.97. The second kappa shape index (κ2) is 9.33. The van der Waals surface area contributed by atoms with Crippen LogP contribution in [0, 0.1) is 6.92 Å². The number of nitrogens with one attached hydrogen (secondary N) is 2. The minimum Gasteiger partial charge on any atom is -0.361 e. The van der Waals surface area contributed by atoms with Crippen molar-refractivity contribution in [3.05, 3.63) is 47.3 Å². The van der Waals surface area contributed by atoms with Crippen LogP contribution in [0.2, 0.25) is 0 Å². The third-order valence-corrected chi connectivity index (χ3v) is 4.69. The molecule has 9 nitrogen and oxygen atoms in total. The Kier molecular flexibility index (Phi) is 6.61. The highest BCUT2D eigenvalue weighted by Crippen LogP contribution is 2.10. The molecule has 2 aromatic rings. The molecule has 154 valence electrons. The number of nitrogens with zero attached hydrogens (tertiary/aromatic N) is 3. The van der Waals surface area contributed by atoms with Gasteiger partial charge >= 0.3 is 0 Å². The van der Waals surface area contributed by atoms with E-state index in [0.29, 0.717) is 48.9 Å². The van der Waals surface area contributed by atoms with Crippen LogP contribution in [0.25, 0.3) is 0 Å². The van der Waals surface area contributed by atoms with Gasteiger partial charge in [-0.2, -0.15) is 0 Å². The van der Waals surface area contributed by atoms with Crippen LogP contribution in [0.1, 0.15) is 33.5 Å². The molecule has 1 aromatic carbocycles. The summed E-state index contributed by atoms with van der Waals surface area (Å²) < 4.78 is 4.97. The Morgan fingerprint density at radius 1 is 1.10 bits per heavy atom. The Balaban J connectivity index is 1.38. The van der Waals surface area contributed by atoms with E-state index < -0.39 is 0 Å². The van der Waals surface area contributed by atoms with Crippen molar-refractivity contribution in [3.63, 3.8) is 0 Å². The number of piperazine rings is 1. The van der Waals surface area contributed by atoms with Crippen molar-refractivity contribution < 1.29 is 18.9 Å². The minimum atomic E-state index is -0.158. The summed E-state index contributed by atoms with van der Waals surface area (Å²) in [6.45, 7) is 7.13. The standard InChI is InChI=1S/C20H25N5O4/c1-14-13-18(23-29-14)20(28)25-11-9-24(10-12-25)8-7-21-19(27)16-3-5-17(6-4-16)22-15(2)26/h3-6,13H,7-12H2,1-2H3,(H,21,27)(H,22,26). The van der Waals surface area contributed by atoms with E-state index in [1.807, 2.05) is 0 Å². The molecule has 0 saturated carbocycles. The lowest BCUT2D eigenvalue weighted by molar-refractivity contribution is -0.114. The summed E-state index contributed by atoms with van der Waals surface area (Å²) in [5.74, 6) is 0.194. The Morgan fingerprint density at radius 2 is 1.79 bits per heavy atom. The molecule has 9 heteroatoms. The molecule has 3 rings (SSSR count). The zero-order valence-electron chi connectivity index (χ0n) is 16.6. The number of amides is 3. The molecule has 0 aliphatic carbocycles. The predicted octanol–water partition coefficient (Wildman–Crippen LogP) is 1.13. The number of carbonyl (C=O) groups excluding carboxylic acids is 3. The fourth-order valence-corrected chi connectivity index (χ4v) is 3.14. The maximum atomic E-state index is 12.4. The predicted molar refractivity (Wildman–Crippen MR) is 107 cm³/mol. The van der Waals surface area contributed by atoms with E-state index in [-0.39, 0.29) is 17.7 Å². The molecular weight excluding hydrogens is 374 g/mol. The van der Waals surface area contributed by atoms with Gasteiger partial charge in [-0.05, 0) is 31.2 Å². The molecule has 0 atom stereocenters. The minimum absolute atomic E-state index is 0.113. The normalized spacial score (nSPS) is 14.5. The molecule has 2 heterocycles. The molecule has 3 amide bonds. The van der Waals surface area contributed by atoms with E-state index in [0.717, 1.165) is 13.1 Å². The van der Waals surface area contributed by atoms with Gasteiger partial charge < -0.3 is 20.1 Å². The van der Waals surface area contributed by atoms with Crippen molar-refractivity contribution in [2.45, 2.75) is 13.8 Å². The first-order chi connectivity index (χ1) is 13.9. The monoisotopic (exact) mass is 399 g/mol. The number of rotatable bonds is 6. The number of benzene rings is 1. The molecule has 0 radical (unpaired) electrons. The van der Waals surface area contributed by atoms with Crippen LogP contribution >= 0.6 is 0 Å². The summed E-state index contributed by atoms with van der Waals surface area (Å²) in [7, 11) is 0. The average molecular weight is 399 g/mol. The third kappa shape index (κ3) is 5.64. The lowest BCUT2D eigenvalue weighted by Gasteiger charge is -2.34. The lowest BCUT2D eigenvalue weighted by atomic mass is 10.2. The Labute approximate surface area is 169 Å². The molecule has 1 aliphatic rings. The first-order valence-electron chi connectivity index (χ1n) is 9.53. The molecule has 1 aromatic heterocycles.